The summed E-state index contributed by atoms with van der Waals surface area (Å²) in [5.74, 6) is 0.417. The molecule has 1 atom stereocenters. The molecular formula is C12H17NOS. The molecule has 0 aromatic carbocycles. The fourth-order valence-corrected chi connectivity index (χ4v) is 2.90. The lowest BCUT2D eigenvalue weighted by atomic mass is 10.0. The lowest BCUT2D eigenvalue weighted by molar-refractivity contribution is -0.123. The van der Waals surface area contributed by atoms with Crippen LogP contribution in [-0.2, 0) is 11.3 Å². The monoisotopic (exact) mass is 223 g/mol. The largest absolute Gasteiger partial charge is 0.300 e. The van der Waals surface area contributed by atoms with Gasteiger partial charge in [-0.15, -0.1) is 0 Å². The van der Waals surface area contributed by atoms with Gasteiger partial charge in [0.15, 0.2) is 0 Å². The number of hydrogen-bond acceptors (Lipinski definition) is 3. The first-order chi connectivity index (χ1) is 7.16. The van der Waals surface area contributed by atoms with Crippen LogP contribution in [0.2, 0.25) is 0 Å². The number of carbonyl (C=O) groups excluding carboxylic acids is 1. The summed E-state index contributed by atoms with van der Waals surface area (Å²) < 4.78 is 0. The van der Waals surface area contributed by atoms with Crippen molar-refractivity contribution in [2.75, 3.05) is 6.54 Å². The molecule has 2 rings (SSSR count). The van der Waals surface area contributed by atoms with E-state index >= 15 is 0 Å². The Bertz CT molecular complexity index is 358. The standard InChI is InChI=1S/C12H17NOS/c1-9-7-15-8-11(9)6-13-4-3-12(14)5-10(13)2/h7-8,10H,3-6H2,1-2H3. The molecule has 0 radical (unpaired) electrons. The van der Waals surface area contributed by atoms with E-state index in [2.05, 4.69) is 29.5 Å². The van der Waals surface area contributed by atoms with Gasteiger partial charge in [0.25, 0.3) is 0 Å². The van der Waals surface area contributed by atoms with Gasteiger partial charge in [-0.05, 0) is 35.7 Å². The number of aryl methyl sites for hydroxylation is 1. The van der Waals surface area contributed by atoms with Gasteiger partial charge in [-0.25, -0.2) is 0 Å². The third-order valence-electron chi connectivity index (χ3n) is 3.16. The number of ketones is 1. The molecule has 1 aliphatic heterocycles. The number of piperidine rings is 1. The highest BCUT2D eigenvalue weighted by Gasteiger charge is 2.23. The minimum absolute atomic E-state index is 0.408. The summed E-state index contributed by atoms with van der Waals surface area (Å²) in [6.07, 6.45) is 1.46. The van der Waals surface area contributed by atoms with Gasteiger partial charge in [0.2, 0.25) is 0 Å². The second-order valence-corrected chi connectivity index (χ2v) is 5.14. The lowest BCUT2D eigenvalue weighted by Gasteiger charge is -2.32. The van der Waals surface area contributed by atoms with Crippen LogP contribution in [0.15, 0.2) is 10.8 Å². The maximum atomic E-state index is 11.3. The number of nitrogens with zero attached hydrogens (tertiary/aromatic N) is 1. The predicted molar refractivity (Wildman–Crippen MR) is 63.2 cm³/mol. The van der Waals surface area contributed by atoms with Gasteiger partial charge in [0, 0.05) is 32.0 Å². The summed E-state index contributed by atoms with van der Waals surface area (Å²) >= 11 is 1.76. The first-order valence-electron chi connectivity index (χ1n) is 5.44. The number of Topliss-reactive ketones (excluding diaryl/α,β-unsaturated/α-hetero) is 1. The van der Waals surface area contributed by atoms with Crippen LogP contribution in [0.3, 0.4) is 0 Å². The maximum absolute atomic E-state index is 11.3. The maximum Gasteiger partial charge on any atom is 0.135 e. The molecule has 0 N–H and O–H groups in total. The molecule has 82 valence electrons. The van der Waals surface area contributed by atoms with E-state index < -0.39 is 0 Å². The Kier molecular flexibility index (Phi) is 3.22. The molecular weight excluding hydrogens is 206 g/mol. The molecule has 1 unspecified atom stereocenters. The Labute approximate surface area is 94.9 Å². The number of hydrogen-bond donors (Lipinski definition) is 0. The molecule has 0 saturated carbocycles. The molecule has 2 heterocycles. The molecule has 0 bridgehead atoms. The number of likely N-dealkylation sites (tertiary alicyclic amines) is 1. The van der Waals surface area contributed by atoms with Crippen molar-refractivity contribution in [2.45, 2.75) is 39.3 Å². The Morgan fingerprint density at radius 3 is 2.93 bits per heavy atom. The number of carbonyl (C=O) groups is 1. The number of rotatable bonds is 2. The van der Waals surface area contributed by atoms with E-state index in [9.17, 15) is 4.79 Å². The summed E-state index contributed by atoms with van der Waals surface area (Å²) in [6, 6.07) is 0.408. The average Bonchev–Trinajstić information content (AvgIpc) is 2.57. The van der Waals surface area contributed by atoms with E-state index in [1.54, 1.807) is 11.3 Å². The third kappa shape index (κ3) is 2.47. The van der Waals surface area contributed by atoms with Crippen molar-refractivity contribution in [1.82, 2.24) is 4.90 Å². The molecule has 3 heteroatoms. The van der Waals surface area contributed by atoms with Crippen molar-refractivity contribution in [3.63, 3.8) is 0 Å². The Balaban J connectivity index is 2.00. The first kappa shape index (κ1) is 10.8. The quantitative estimate of drug-likeness (QED) is 0.768. The van der Waals surface area contributed by atoms with Gasteiger partial charge in [-0.1, -0.05) is 0 Å². The summed E-state index contributed by atoms with van der Waals surface area (Å²) in [5.41, 5.74) is 2.80. The summed E-state index contributed by atoms with van der Waals surface area (Å²) in [4.78, 5) is 13.7. The van der Waals surface area contributed by atoms with Crippen LogP contribution in [0.5, 0.6) is 0 Å². The van der Waals surface area contributed by atoms with Crippen LogP contribution in [0.1, 0.15) is 30.9 Å². The molecule has 1 fully saturated rings. The predicted octanol–water partition coefficient (Wildman–Crippen LogP) is 2.61. The van der Waals surface area contributed by atoms with E-state index in [1.165, 1.54) is 11.1 Å². The summed E-state index contributed by atoms with van der Waals surface area (Å²) in [5, 5.41) is 4.41. The molecule has 1 saturated heterocycles. The highest BCUT2D eigenvalue weighted by Crippen LogP contribution is 2.21. The lowest BCUT2D eigenvalue weighted by Crippen LogP contribution is -2.40. The molecule has 2 nitrogen and oxygen atoms in total. The molecule has 0 amide bonds. The Morgan fingerprint density at radius 2 is 2.33 bits per heavy atom. The van der Waals surface area contributed by atoms with Crippen LogP contribution in [0, 0.1) is 6.92 Å². The van der Waals surface area contributed by atoms with Crippen molar-refractivity contribution < 1.29 is 4.79 Å². The highest BCUT2D eigenvalue weighted by atomic mass is 32.1. The van der Waals surface area contributed by atoms with Gasteiger partial charge < -0.3 is 0 Å². The SMILES string of the molecule is Cc1cscc1CN1CCC(=O)CC1C. The molecule has 0 spiro atoms. The van der Waals surface area contributed by atoms with Crippen molar-refractivity contribution in [1.29, 1.82) is 0 Å². The van der Waals surface area contributed by atoms with Gasteiger partial charge >= 0.3 is 0 Å². The molecule has 15 heavy (non-hydrogen) atoms. The second kappa shape index (κ2) is 4.45. The van der Waals surface area contributed by atoms with Crippen LogP contribution >= 0.6 is 11.3 Å². The van der Waals surface area contributed by atoms with Crippen LogP contribution < -0.4 is 0 Å². The van der Waals surface area contributed by atoms with Gasteiger partial charge in [-0.2, -0.15) is 11.3 Å². The smallest absolute Gasteiger partial charge is 0.135 e. The van der Waals surface area contributed by atoms with Crippen molar-refractivity contribution in [2.24, 2.45) is 0 Å². The van der Waals surface area contributed by atoms with Gasteiger partial charge in [0.05, 0.1) is 0 Å². The van der Waals surface area contributed by atoms with Gasteiger partial charge in [0.1, 0.15) is 5.78 Å². The third-order valence-corrected chi connectivity index (χ3v) is 4.07. The fraction of sp³-hybridized carbons (Fsp3) is 0.583. The zero-order chi connectivity index (χ0) is 10.8. The Hall–Kier alpha value is -0.670. The normalized spacial score (nSPS) is 23.3. The molecule has 1 aromatic rings. The van der Waals surface area contributed by atoms with E-state index in [0.717, 1.165) is 25.9 Å². The van der Waals surface area contributed by atoms with Gasteiger partial charge in [-0.3, -0.25) is 9.69 Å². The van der Waals surface area contributed by atoms with Crippen molar-refractivity contribution >= 4 is 17.1 Å². The van der Waals surface area contributed by atoms with Crippen LogP contribution in [0.4, 0.5) is 0 Å². The minimum atomic E-state index is 0.408. The topological polar surface area (TPSA) is 20.3 Å². The molecule has 0 aliphatic carbocycles. The summed E-state index contributed by atoms with van der Waals surface area (Å²) in [6.45, 7) is 6.24. The second-order valence-electron chi connectivity index (χ2n) is 4.39. The van der Waals surface area contributed by atoms with E-state index in [4.69, 9.17) is 0 Å². The minimum Gasteiger partial charge on any atom is -0.300 e. The van der Waals surface area contributed by atoms with E-state index in [-0.39, 0.29) is 0 Å². The average molecular weight is 223 g/mol. The van der Waals surface area contributed by atoms with E-state index in [0.29, 0.717) is 11.8 Å². The first-order valence-corrected chi connectivity index (χ1v) is 6.38. The van der Waals surface area contributed by atoms with Crippen molar-refractivity contribution in [3.8, 4) is 0 Å². The molecule has 1 aliphatic rings. The zero-order valence-corrected chi connectivity index (χ0v) is 10.1. The van der Waals surface area contributed by atoms with Crippen LogP contribution in [-0.4, -0.2) is 23.3 Å². The number of thiophene rings is 1. The Morgan fingerprint density at radius 1 is 1.53 bits per heavy atom. The van der Waals surface area contributed by atoms with E-state index in [1.807, 2.05) is 0 Å². The molecule has 1 aromatic heterocycles. The zero-order valence-electron chi connectivity index (χ0n) is 9.32. The fourth-order valence-electron chi connectivity index (χ4n) is 2.05. The van der Waals surface area contributed by atoms with Crippen LogP contribution in [0.25, 0.3) is 0 Å². The van der Waals surface area contributed by atoms with Crippen molar-refractivity contribution in [3.05, 3.63) is 21.9 Å². The summed E-state index contributed by atoms with van der Waals surface area (Å²) in [7, 11) is 0. The highest BCUT2D eigenvalue weighted by molar-refractivity contribution is 7.08.